The van der Waals surface area contributed by atoms with E-state index in [4.69, 9.17) is 0 Å². The van der Waals surface area contributed by atoms with Crippen LogP contribution in [0.3, 0.4) is 0 Å². The third-order valence-corrected chi connectivity index (χ3v) is 4.50. The zero-order chi connectivity index (χ0) is 12.8. The van der Waals surface area contributed by atoms with Gasteiger partial charge in [0.2, 0.25) is 0 Å². The van der Waals surface area contributed by atoms with Crippen LogP contribution in [-0.4, -0.2) is 41.9 Å². The monoisotopic (exact) mass is 269 g/mol. The molecule has 1 aliphatic rings. The lowest BCUT2D eigenvalue weighted by Gasteiger charge is -2.32. The van der Waals surface area contributed by atoms with Crippen LogP contribution in [0.5, 0.6) is 0 Å². The van der Waals surface area contributed by atoms with Crippen molar-refractivity contribution < 1.29 is 5.11 Å². The molecule has 5 heteroatoms. The number of hydrogen-bond donors (Lipinski definition) is 3. The average Bonchev–Trinajstić information content (AvgIpc) is 2.75. The van der Waals surface area contributed by atoms with E-state index in [0.29, 0.717) is 13.1 Å². The van der Waals surface area contributed by atoms with Gasteiger partial charge in [-0.05, 0) is 45.7 Å². The van der Waals surface area contributed by atoms with Gasteiger partial charge in [-0.2, -0.15) is 0 Å². The van der Waals surface area contributed by atoms with Gasteiger partial charge >= 0.3 is 0 Å². The van der Waals surface area contributed by atoms with Crippen molar-refractivity contribution in [2.75, 3.05) is 26.2 Å². The molecular weight excluding hydrogens is 246 g/mol. The summed E-state index contributed by atoms with van der Waals surface area (Å²) in [7, 11) is 0. The van der Waals surface area contributed by atoms with E-state index in [0.717, 1.165) is 44.5 Å². The number of aromatic nitrogens is 1. The summed E-state index contributed by atoms with van der Waals surface area (Å²) >= 11 is 1.74. The molecule has 0 saturated carbocycles. The van der Waals surface area contributed by atoms with Crippen LogP contribution in [0.2, 0.25) is 0 Å². The second-order valence-electron chi connectivity index (χ2n) is 5.15. The van der Waals surface area contributed by atoms with Gasteiger partial charge in [-0.15, -0.1) is 11.3 Å². The Kier molecular flexibility index (Phi) is 5.12. The molecular formula is C13H23N3OS. The molecule has 1 unspecified atom stereocenters. The van der Waals surface area contributed by atoms with E-state index >= 15 is 0 Å². The largest absolute Gasteiger partial charge is 0.387 e. The molecule has 0 aliphatic carbocycles. The summed E-state index contributed by atoms with van der Waals surface area (Å²) in [6.07, 6.45) is 4.16. The van der Waals surface area contributed by atoms with E-state index < -0.39 is 5.60 Å². The lowest BCUT2D eigenvalue weighted by atomic mass is 9.94. The third-order valence-electron chi connectivity index (χ3n) is 3.51. The minimum Gasteiger partial charge on any atom is -0.387 e. The van der Waals surface area contributed by atoms with Crippen LogP contribution in [0.1, 0.15) is 29.8 Å². The molecule has 0 amide bonds. The molecule has 3 N–H and O–H groups in total. The summed E-state index contributed by atoms with van der Waals surface area (Å²) in [5.74, 6) is 0. The van der Waals surface area contributed by atoms with Gasteiger partial charge in [0.05, 0.1) is 16.8 Å². The Balaban J connectivity index is 1.60. The van der Waals surface area contributed by atoms with Crippen molar-refractivity contribution in [1.29, 1.82) is 0 Å². The van der Waals surface area contributed by atoms with Crippen LogP contribution in [0, 0.1) is 6.92 Å². The number of aryl methyl sites for hydroxylation is 2. The van der Waals surface area contributed by atoms with Crippen molar-refractivity contribution in [1.82, 2.24) is 15.6 Å². The minimum absolute atomic E-state index is 0.543. The quantitative estimate of drug-likeness (QED) is 0.677. The van der Waals surface area contributed by atoms with Crippen LogP contribution in [0.15, 0.2) is 5.51 Å². The number of β-amino-alcohol motifs (C(OH)–C–C–N with tert-alkyl or cyclic N) is 1. The van der Waals surface area contributed by atoms with Crippen LogP contribution in [0.4, 0.5) is 0 Å². The fourth-order valence-corrected chi connectivity index (χ4v) is 3.19. The summed E-state index contributed by atoms with van der Waals surface area (Å²) in [6.45, 7) is 5.47. The number of nitrogens with zero attached hydrogens (tertiary/aromatic N) is 1. The minimum atomic E-state index is -0.543. The average molecular weight is 269 g/mol. The molecule has 1 aromatic heterocycles. The first-order valence-corrected chi connectivity index (χ1v) is 7.60. The fraction of sp³-hybridized carbons (Fsp3) is 0.769. The highest BCUT2D eigenvalue weighted by Gasteiger charge is 2.28. The zero-order valence-corrected chi connectivity index (χ0v) is 11.9. The van der Waals surface area contributed by atoms with Gasteiger partial charge < -0.3 is 15.7 Å². The molecule has 1 aliphatic heterocycles. The Bertz CT molecular complexity index is 361. The standard InChI is InChI=1S/C13H23N3OS/c1-11-12(18-10-16-11)4-2-6-14-8-13(17)5-3-7-15-9-13/h10,14-15,17H,2-9H2,1H3. The Morgan fingerprint density at radius 2 is 2.50 bits per heavy atom. The molecule has 0 spiro atoms. The lowest BCUT2D eigenvalue weighted by molar-refractivity contribution is 0.0173. The zero-order valence-electron chi connectivity index (χ0n) is 11.0. The smallest absolute Gasteiger partial charge is 0.0895 e. The summed E-state index contributed by atoms with van der Waals surface area (Å²) in [5.41, 5.74) is 2.53. The Morgan fingerprint density at radius 1 is 1.61 bits per heavy atom. The molecule has 2 rings (SSSR count). The Hall–Kier alpha value is -0.490. The van der Waals surface area contributed by atoms with Gasteiger partial charge in [-0.3, -0.25) is 0 Å². The van der Waals surface area contributed by atoms with Crippen molar-refractivity contribution in [2.45, 2.75) is 38.2 Å². The lowest BCUT2D eigenvalue weighted by Crippen LogP contribution is -2.52. The SMILES string of the molecule is Cc1ncsc1CCCNCC1(O)CCCNC1. The van der Waals surface area contributed by atoms with Crippen LogP contribution < -0.4 is 10.6 Å². The highest BCUT2D eigenvalue weighted by atomic mass is 32.1. The molecule has 0 radical (unpaired) electrons. The number of piperidine rings is 1. The van der Waals surface area contributed by atoms with E-state index in [1.54, 1.807) is 11.3 Å². The predicted octanol–water partition coefficient (Wildman–Crippen LogP) is 1.09. The van der Waals surface area contributed by atoms with E-state index in [9.17, 15) is 5.11 Å². The van der Waals surface area contributed by atoms with Crippen molar-refractivity contribution in [2.24, 2.45) is 0 Å². The molecule has 1 saturated heterocycles. The highest BCUT2D eigenvalue weighted by molar-refractivity contribution is 7.09. The van der Waals surface area contributed by atoms with Gasteiger partial charge in [0.15, 0.2) is 0 Å². The topological polar surface area (TPSA) is 57.2 Å². The van der Waals surface area contributed by atoms with E-state index in [1.807, 2.05) is 5.51 Å². The van der Waals surface area contributed by atoms with Gasteiger partial charge in [-0.1, -0.05) is 0 Å². The predicted molar refractivity (Wildman–Crippen MR) is 75.1 cm³/mol. The first-order valence-electron chi connectivity index (χ1n) is 6.72. The number of nitrogens with one attached hydrogen (secondary N) is 2. The summed E-state index contributed by atoms with van der Waals surface area (Å²) in [4.78, 5) is 5.63. The molecule has 1 atom stereocenters. The van der Waals surface area contributed by atoms with E-state index in [1.165, 1.54) is 4.88 Å². The van der Waals surface area contributed by atoms with E-state index in [2.05, 4.69) is 22.5 Å². The molecule has 0 bridgehead atoms. The molecule has 1 aromatic rings. The van der Waals surface area contributed by atoms with Crippen LogP contribution in [-0.2, 0) is 6.42 Å². The number of aliphatic hydroxyl groups is 1. The molecule has 0 aromatic carbocycles. The van der Waals surface area contributed by atoms with Gasteiger partial charge in [-0.25, -0.2) is 4.98 Å². The molecule has 4 nitrogen and oxygen atoms in total. The molecule has 102 valence electrons. The second kappa shape index (κ2) is 6.61. The highest BCUT2D eigenvalue weighted by Crippen LogP contribution is 2.15. The number of rotatable bonds is 6. The number of thiazole rings is 1. The molecule has 1 fully saturated rings. The van der Waals surface area contributed by atoms with Crippen LogP contribution in [0.25, 0.3) is 0 Å². The summed E-state index contributed by atoms with van der Waals surface area (Å²) in [5, 5.41) is 16.9. The maximum atomic E-state index is 10.3. The van der Waals surface area contributed by atoms with E-state index in [-0.39, 0.29) is 0 Å². The van der Waals surface area contributed by atoms with Crippen molar-refractivity contribution in [3.63, 3.8) is 0 Å². The Labute approximate surface area is 113 Å². The first kappa shape index (κ1) is 13.9. The third kappa shape index (κ3) is 4.02. The summed E-state index contributed by atoms with van der Waals surface area (Å²) in [6, 6.07) is 0. The first-order chi connectivity index (χ1) is 8.70. The normalized spacial score (nSPS) is 24.3. The molecule has 18 heavy (non-hydrogen) atoms. The second-order valence-corrected chi connectivity index (χ2v) is 6.09. The van der Waals surface area contributed by atoms with Crippen molar-refractivity contribution >= 4 is 11.3 Å². The van der Waals surface area contributed by atoms with Gasteiger partial charge in [0.1, 0.15) is 0 Å². The Morgan fingerprint density at radius 3 is 3.17 bits per heavy atom. The maximum Gasteiger partial charge on any atom is 0.0895 e. The van der Waals surface area contributed by atoms with Crippen LogP contribution >= 0.6 is 11.3 Å². The van der Waals surface area contributed by atoms with Crippen molar-refractivity contribution in [3.05, 3.63) is 16.1 Å². The van der Waals surface area contributed by atoms with Crippen molar-refractivity contribution in [3.8, 4) is 0 Å². The maximum absolute atomic E-state index is 10.3. The van der Waals surface area contributed by atoms with Gasteiger partial charge in [0.25, 0.3) is 0 Å². The van der Waals surface area contributed by atoms with Gasteiger partial charge in [0, 0.05) is 18.0 Å². The number of hydrogen-bond acceptors (Lipinski definition) is 5. The fourth-order valence-electron chi connectivity index (χ4n) is 2.36. The molecule has 2 heterocycles. The summed E-state index contributed by atoms with van der Waals surface area (Å²) < 4.78 is 0.